The van der Waals surface area contributed by atoms with Crippen LogP contribution in [0, 0.1) is 6.92 Å². The molecule has 2 rings (SSSR count). The van der Waals surface area contributed by atoms with Gasteiger partial charge in [-0.1, -0.05) is 6.07 Å². The van der Waals surface area contributed by atoms with Crippen molar-refractivity contribution in [2.24, 2.45) is 0 Å². The number of methoxy groups -OCH3 is 1. The number of benzene rings is 1. The molecule has 1 aromatic rings. The zero-order valence-corrected chi connectivity index (χ0v) is 9.76. The van der Waals surface area contributed by atoms with Crippen molar-refractivity contribution < 1.29 is 4.74 Å². The fraction of sp³-hybridized carbons (Fsp3) is 0.538. The van der Waals surface area contributed by atoms with Gasteiger partial charge < -0.3 is 10.1 Å². The van der Waals surface area contributed by atoms with Crippen molar-refractivity contribution in [2.75, 3.05) is 14.2 Å². The van der Waals surface area contributed by atoms with E-state index in [0.29, 0.717) is 6.04 Å². The van der Waals surface area contributed by atoms with Crippen LogP contribution in [-0.4, -0.2) is 20.2 Å². The zero-order valence-electron chi connectivity index (χ0n) is 9.76. The molecule has 2 heteroatoms. The lowest BCUT2D eigenvalue weighted by molar-refractivity contribution is 0.400. The molecule has 1 aromatic carbocycles. The maximum atomic E-state index is 5.42. The fourth-order valence-electron chi connectivity index (χ4n) is 2.45. The normalized spacial score (nSPS) is 19.8. The van der Waals surface area contributed by atoms with E-state index in [1.165, 1.54) is 23.1 Å². The van der Waals surface area contributed by atoms with Crippen LogP contribution in [0.3, 0.4) is 0 Å². The number of hydrogen-bond acceptors (Lipinski definition) is 2. The molecule has 0 amide bonds. The average Bonchev–Trinajstić information content (AvgIpc) is 2.29. The first-order valence-corrected chi connectivity index (χ1v) is 5.59. The molecule has 0 aromatic heterocycles. The van der Waals surface area contributed by atoms with Crippen molar-refractivity contribution in [3.63, 3.8) is 0 Å². The first-order chi connectivity index (χ1) is 7.26. The van der Waals surface area contributed by atoms with E-state index in [1.54, 1.807) is 7.11 Å². The molecule has 0 spiro atoms. The Hall–Kier alpha value is -1.02. The van der Waals surface area contributed by atoms with E-state index < -0.39 is 0 Å². The van der Waals surface area contributed by atoms with Gasteiger partial charge in [-0.2, -0.15) is 0 Å². The lowest BCUT2D eigenvalue weighted by Crippen LogP contribution is -2.32. The van der Waals surface area contributed by atoms with Crippen molar-refractivity contribution >= 4 is 0 Å². The number of ether oxygens (including phenoxy) is 1. The maximum Gasteiger partial charge on any atom is 0.122 e. The van der Waals surface area contributed by atoms with Gasteiger partial charge >= 0.3 is 0 Å². The summed E-state index contributed by atoms with van der Waals surface area (Å²) in [5, 5.41) is 3.37. The molecule has 1 unspecified atom stereocenters. The summed E-state index contributed by atoms with van der Waals surface area (Å²) in [7, 11) is 3.81. The molecule has 0 fully saturated rings. The Kier molecular flexibility index (Phi) is 2.96. The van der Waals surface area contributed by atoms with Crippen molar-refractivity contribution in [1.82, 2.24) is 5.32 Å². The summed E-state index contributed by atoms with van der Waals surface area (Å²) in [4.78, 5) is 0. The van der Waals surface area contributed by atoms with E-state index in [4.69, 9.17) is 4.74 Å². The Morgan fingerprint density at radius 2 is 2.13 bits per heavy atom. The topological polar surface area (TPSA) is 21.3 Å². The lowest BCUT2D eigenvalue weighted by atomic mass is 9.85. The summed E-state index contributed by atoms with van der Waals surface area (Å²) >= 11 is 0. The van der Waals surface area contributed by atoms with Crippen LogP contribution in [0.15, 0.2) is 12.1 Å². The minimum atomic E-state index is 0.628. The van der Waals surface area contributed by atoms with Crippen molar-refractivity contribution in [2.45, 2.75) is 32.2 Å². The standard InChI is InChI=1S/C13H19NO/c1-9-4-7-13(15-3)11-6-5-10(14-2)8-12(9)11/h4,7,10,14H,5-6,8H2,1-3H3. The van der Waals surface area contributed by atoms with Crippen LogP contribution >= 0.6 is 0 Å². The van der Waals surface area contributed by atoms with Gasteiger partial charge in [-0.25, -0.2) is 0 Å². The fourth-order valence-corrected chi connectivity index (χ4v) is 2.45. The van der Waals surface area contributed by atoms with E-state index >= 15 is 0 Å². The van der Waals surface area contributed by atoms with E-state index in [0.717, 1.165) is 18.6 Å². The van der Waals surface area contributed by atoms with Gasteiger partial charge in [0, 0.05) is 6.04 Å². The number of fused-ring (bicyclic) bond motifs is 1. The molecule has 1 aliphatic carbocycles. The zero-order chi connectivity index (χ0) is 10.8. The average molecular weight is 205 g/mol. The second-order valence-corrected chi connectivity index (χ2v) is 4.27. The second-order valence-electron chi connectivity index (χ2n) is 4.27. The third kappa shape index (κ3) is 1.86. The highest BCUT2D eigenvalue weighted by Crippen LogP contribution is 2.31. The predicted octanol–water partition coefficient (Wildman–Crippen LogP) is 2.08. The number of aryl methyl sites for hydroxylation is 1. The van der Waals surface area contributed by atoms with Crippen LogP contribution in [0.1, 0.15) is 23.1 Å². The molecular formula is C13H19NO. The van der Waals surface area contributed by atoms with Crippen molar-refractivity contribution in [3.8, 4) is 5.75 Å². The molecule has 0 aliphatic heterocycles. The third-order valence-electron chi connectivity index (χ3n) is 3.44. The smallest absolute Gasteiger partial charge is 0.122 e. The molecule has 1 N–H and O–H groups in total. The van der Waals surface area contributed by atoms with Crippen LogP contribution in [0.5, 0.6) is 5.75 Å². The van der Waals surface area contributed by atoms with Crippen molar-refractivity contribution in [1.29, 1.82) is 0 Å². The first kappa shape index (κ1) is 10.5. The van der Waals surface area contributed by atoms with Gasteiger partial charge in [0.2, 0.25) is 0 Å². The summed E-state index contributed by atoms with van der Waals surface area (Å²) in [6, 6.07) is 4.88. The van der Waals surface area contributed by atoms with Crippen LogP contribution in [0.4, 0.5) is 0 Å². The molecule has 0 saturated heterocycles. The molecule has 1 atom stereocenters. The first-order valence-electron chi connectivity index (χ1n) is 5.59. The van der Waals surface area contributed by atoms with Gasteiger partial charge in [-0.3, -0.25) is 0 Å². The minimum absolute atomic E-state index is 0.628. The van der Waals surface area contributed by atoms with Gasteiger partial charge in [-0.15, -0.1) is 0 Å². The van der Waals surface area contributed by atoms with E-state index in [2.05, 4.69) is 24.4 Å². The third-order valence-corrected chi connectivity index (χ3v) is 3.44. The highest BCUT2D eigenvalue weighted by molar-refractivity contribution is 5.46. The molecular weight excluding hydrogens is 186 g/mol. The van der Waals surface area contributed by atoms with Gasteiger partial charge in [0.1, 0.15) is 5.75 Å². The number of likely N-dealkylation sites (N-methyl/N-ethyl adjacent to an activating group) is 1. The van der Waals surface area contributed by atoms with Crippen LogP contribution in [-0.2, 0) is 12.8 Å². The van der Waals surface area contributed by atoms with Crippen LogP contribution in [0.25, 0.3) is 0 Å². The molecule has 0 heterocycles. The van der Waals surface area contributed by atoms with Gasteiger partial charge in [-0.05, 0) is 56.0 Å². The molecule has 15 heavy (non-hydrogen) atoms. The van der Waals surface area contributed by atoms with Crippen LogP contribution in [0.2, 0.25) is 0 Å². The predicted molar refractivity (Wildman–Crippen MR) is 62.6 cm³/mol. The number of rotatable bonds is 2. The van der Waals surface area contributed by atoms with E-state index in [1.807, 2.05) is 7.05 Å². The highest BCUT2D eigenvalue weighted by Gasteiger charge is 2.21. The quantitative estimate of drug-likeness (QED) is 0.798. The Bertz CT molecular complexity index is 360. The monoisotopic (exact) mass is 205 g/mol. The summed E-state index contributed by atoms with van der Waals surface area (Å²) in [6.07, 6.45) is 3.48. The Balaban J connectivity index is 2.40. The molecule has 0 saturated carbocycles. The van der Waals surface area contributed by atoms with Crippen molar-refractivity contribution in [3.05, 3.63) is 28.8 Å². The summed E-state index contributed by atoms with van der Waals surface area (Å²) in [5.74, 6) is 1.06. The SMILES string of the molecule is CNC1CCc2c(OC)ccc(C)c2C1. The summed E-state index contributed by atoms with van der Waals surface area (Å²) in [6.45, 7) is 2.19. The second kappa shape index (κ2) is 4.23. The Morgan fingerprint density at radius 3 is 2.80 bits per heavy atom. The Morgan fingerprint density at radius 1 is 1.33 bits per heavy atom. The molecule has 1 aliphatic rings. The molecule has 0 radical (unpaired) electrons. The summed E-state index contributed by atoms with van der Waals surface area (Å²) in [5.41, 5.74) is 4.30. The van der Waals surface area contributed by atoms with E-state index in [-0.39, 0.29) is 0 Å². The molecule has 2 nitrogen and oxygen atoms in total. The van der Waals surface area contributed by atoms with Gasteiger partial charge in [0.05, 0.1) is 7.11 Å². The number of hydrogen-bond donors (Lipinski definition) is 1. The maximum absolute atomic E-state index is 5.42. The molecule has 0 bridgehead atoms. The largest absolute Gasteiger partial charge is 0.496 e. The lowest BCUT2D eigenvalue weighted by Gasteiger charge is -2.27. The molecule has 82 valence electrons. The van der Waals surface area contributed by atoms with Gasteiger partial charge in [0.15, 0.2) is 0 Å². The summed E-state index contributed by atoms with van der Waals surface area (Å²) < 4.78 is 5.42. The van der Waals surface area contributed by atoms with Crippen LogP contribution < -0.4 is 10.1 Å². The minimum Gasteiger partial charge on any atom is -0.496 e. The van der Waals surface area contributed by atoms with Gasteiger partial charge in [0.25, 0.3) is 0 Å². The Labute approximate surface area is 91.6 Å². The van der Waals surface area contributed by atoms with E-state index in [9.17, 15) is 0 Å². The highest BCUT2D eigenvalue weighted by atomic mass is 16.5. The number of nitrogens with one attached hydrogen (secondary N) is 1.